The van der Waals surface area contributed by atoms with Crippen LogP contribution in [0.1, 0.15) is 23.2 Å². The predicted octanol–water partition coefficient (Wildman–Crippen LogP) is 3.49. The molecule has 4 N–H and O–H groups in total. The van der Waals surface area contributed by atoms with E-state index < -0.39 is 0 Å². The molecule has 2 heterocycles. The normalized spacial score (nSPS) is 15.1. The summed E-state index contributed by atoms with van der Waals surface area (Å²) in [5.41, 5.74) is 2.66. The van der Waals surface area contributed by atoms with Gasteiger partial charge in [0.25, 0.3) is 5.91 Å². The lowest BCUT2D eigenvalue weighted by atomic mass is 10.1. The second-order valence-corrected chi connectivity index (χ2v) is 9.77. The van der Waals surface area contributed by atoms with E-state index in [1.165, 1.54) is 4.90 Å². The smallest absolute Gasteiger partial charge is 0.254 e. The van der Waals surface area contributed by atoms with E-state index in [-0.39, 0.29) is 30.2 Å². The summed E-state index contributed by atoms with van der Waals surface area (Å²) in [6.45, 7) is 1.02. The zero-order valence-electron chi connectivity index (χ0n) is 19.3. The van der Waals surface area contributed by atoms with E-state index in [2.05, 4.69) is 53.8 Å². The zero-order valence-corrected chi connectivity index (χ0v) is 21.4. The van der Waals surface area contributed by atoms with Crippen molar-refractivity contribution < 1.29 is 14.4 Å². The number of aromatic nitrogens is 2. The van der Waals surface area contributed by atoms with Crippen LogP contribution in [0.3, 0.4) is 0 Å². The maximum Gasteiger partial charge on any atom is 0.254 e. The number of rotatable bonds is 7. The highest BCUT2D eigenvalue weighted by atomic mass is 127. The number of anilines is 5. The summed E-state index contributed by atoms with van der Waals surface area (Å²) in [5.74, 6) is 0.783. The van der Waals surface area contributed by atoms with Gasteiger partial charge in [0, 0.05) is 36.5 Å². The van der Waals surface area contributed by atoms with Crippen LogP contribution in [-0.4, -0.2) is 52.2 Å². The fraction of sp³-hybridized carbons (Fsp3) is 0.240. The number of hydrogen-bond donors (Lipinski definition) is 4. The molecule has 1 aliphatic heterocycles. The van der Waals surface area contributed by atoms with Gasteiger partial charge in [-0.25, -0.2) is 4.98 Å². The highest BCUT2D eigenvalue weighted by molar-refractivity contribution is 14.1. The first-order valence-corrected chi connectivity index (χ1v) is 12.7. The Labute approximate surface area is 221 Å². The van der Waals surface area contributed by atoms with E-state index in [0.717, 1.165) is 22.1 Å². The lowest BCUT2D eigenvalue weighted by Crippen LogP contribution is -2.49. The quantitative estimate of drug-likeness (QED) is 0.307. The number of hydrogen-bond acceptors (Lipinski definition) is 7. The predicted molar refractivity (Wildman–Crippen MR) is 144 cm³/mol. The average molecular weight is 597 g/mol. The van der Waals surface area contributed by atoms with Crippen molar-refractivity contribution in [2.45, 2.75) is 12.8 Å². The van der Waals surface area contributed by atoms with Crippen LogP contribution in [0.5, 0.6) is 0 Å². The lowest BCUT2D eigenvalue weighted by molar-refractivity contribution is -0.123. The molecule has 10 nitrogen and oxygen atoms in total. The van der Waals surface area contributed by atoms with Crippen molar-refractivity contribution in [3.63, 3.8) is 0 Å². The van der Waals surface area contributed by atoms with Gasteiger partial charge in [-0.15, -0.1) is 0 Å². The molecule has 5 rings (SSSR count). The molecule has 184 valence electrons. The van der Waals surface area contributed by atoms with Gasteiger partial charge in [-0.05, 0) is 71.8 Å². The molecule has 36 heavy (non-hydrogen) atoms. The van der Waals surface area contributed by atoms with Crippen molar-refractivity contribution in [1.82, 2.24) is 20.2 Å². The third-order valence-corrected chi connectivity index (χ3v) is 6.63. The number of benzene rings is 2. The summed E-state index contributed by atoms with van der Waals surface area (Å²) < 4.78 is 0.813. The molecule has 1 aliphatic carbocycles. The second-order valence-electron chi connectivity index (χ2n) is 8.60. The van der Waals surface area contributed by atoms with Gasteiger partial charge in [0.2, 0.25) is 17.8 Å². The molecule has 11 heteroatoms. The molecule has 0 radical (unpaired) electrons. The molecular weight excluding hydrogens is 573 g/mol. The Bertz CT molecular complexity index is 1310. The van der Waals surface area contributed by atoms with Crippen molar-refractivity contribution >= 4 is 69.1 Å². The summed E-state index contributed by atoms with van der Waals surface area (Å²) in [5, 5.41) is 12.2. The molecule has 1 saturated heterocycles. The number of nitrogens with zero attached hydrogens (tertiary/aromatic N) is 3. The number of halogens is 1. The van der Waals surface area contributed by atoms with Gasteiger partial charge in [0.1, 0.15) is 5.82 Å². The number of carbonyl (C=O) groups is 3. The summed E-state index contributed by atoms with van der Waals surface area (Å²) in [6.07, 6.45) is 3.57. The van der Waals surface area contributed by atoms with Crippen molar-refractivity contribution in [2.75, 3.05) is 35.6 Å². The molecule has 1 aromatic heterocycles. The molecule has 2 aromatic carbocycles. The van der Waals surface area contributed by atoms with Gasteiger partial charge in [-0.2, -0.15) is 4.98 Å². The van der Waals surface area contributed by atoms with Gasteiger partial charge >= 0.3 is 0 Å². The fourth-order valence-corrected chi connectivity index (χ4v) is 4.14. The Balaban J connectivity index is 1.27. The summed E-state index contributed by atoms with van der Waals surface area (Å²) in [7, 11) is 0. The largest absolute Gasteiger partial charge is 0.353 e. The molecule has 0 spiro atoms. The van der Waals surface area contributed by atoms with Crippen LogP contribution in [0.15, 0.2) is 54.7 Å². The SMILES string of the molecule is O=C1CN(C(=O)c2ccc(Nc3ncc(I)c(Nc4ccccc4NC(=O)C4CC4)n3)cc2)CCN1. The Kier molecular flexibility index (Phi) is 6.98. The minimum Gasteiger partial charge on any atom is -0.353 e. The van der Waals surface area contributed by atoms with Crippen LogP contribution in [0, 0.1) is 9.49 Å². The number of amides is 3. The van der Waals surface area contributed by atoms with E-state index in [1.807, 2.05) is 24.3 Å². The van der Waals surface area contributed by atoms with Gasteiger partial charge in [-0.1, -0.05) is 12.1 Å². The molecular formula is C25H24IN7O3. The molecule has 0 atom stereocenters. The van der Waals surface area contributed by atoms with Gasteiger partial charge in [0.05, 0.1) is 21.5 Å². The van der Waals surface area contributed by atoms with E-state index in [4.69, 9.17) is 0 Å². The third kappa shape index (κ3) is 5.73. The summed E-state index contributed by atoms with van der Waals surface area (Å²) >= 11 is 2.15. The molecule has 0 bridgehead atoms. The van der Waals surface area contributed by atoms with E-state index in [9.17, 15) is 14.4 Å². The highest BCUT2D eigenvalue weighted by Crippen LogP contribution is 2.33. The molecule has 3 amide bonds. The van der Waals surface area contributed by atoms with Crippen LogP contribution >= 0.6 is 22.6 Å². The van der Waals surface area contributed by atoms with Crippen LogP contribution in [-0.2, 0) is 9.59 Å². The Hall–Kier alpha value is -3.74. The highest BCUT2D eigenvalue weighted by Gasteiger charge is 2.30. The van der Waals surface area contributed by atoms with E-state index in [1.54, 1.807) is 30.5 Å². The monoisotopic (exact) mass is 597 g/mol. The van der Waals surface area contributed by atoms with Crippen molar-refractivity contribution in [3.05, 3.63) is 63.9 Å². The number of para-hydroxylation sites is 2. The van der Waals surface area contributed by atoms with Crippen LogP contribution < -0.4 is 21.3 Å². The standard InChI is InChI=1S/C25H24IN7O3/c26-18-13-28-25(29-17-9-7-16(8-10-17)24(36)33-12-11-27-21(34)14-33)32-22(18)30-19-3-1-2-4-20(19)31-23(35)15-5-6-15/h1-4,7-10,13,15H,5-6,11-12,14H2,(H,27,34)(H,31,35)(H2,28,29,30,32). The third-order valence-electron chi connectivity index (χ3n) is 5.84. The van der Waals surface area contributed by atoms with Crippen LogP contribution in [0.25, 0.3) is 0 Å². The number of carbonyl (C=O) groups excluding carboxylic acids is 3. The van der Waals surface area contributed by atoms with Crippen molar-refractivity contribution in [3.8, 4) is 0 Å². The van der Waals surface area contributed by atoms with Gasteiger partial charge in [-0.3, -0.25) is 14.4 Å². The van der Waals surface area contributed by atoms with Gasteiger partial charge < -0.3 is 26.2 Å². The first kappa shape index (κ1) is 24.0. The number of piperazine rings is 1. The van der Waals surface area contributed by atoms with Crippen molar-refractivity contribution in [1.29, 1.82) is 0 Å². The fourth-order valence-electron chi connectivity index (χ4n) is 3.74. The molecule has 2 fully saturated rings. The van der Waals surface area contributed by atoms with Crippen LogP contribution in [0.2, 0.25) is 0 Å². The molecule has 1 saturated carbocycles. The number of nitrogens with one attached hydrogen (secondary N) is 4. The van der Waals surface area contributed by atoms with Crippen LogP contribution in [0.4, 0.5) is 28.8 Å². The first-order chi connectivity index (χ1) is 17.5. The molecule has 0 unspecified atom stereocenters. The van der Waals surface area contributed by atoms with Crippen molar-refractivity contribution in [2.24, 2.45) is 5.92 Å². The Morgan fingerprint density at radius 2 is 1.78 bits per heavy atom. The second kappa shape index (κ2) is 10.5. The topological polar surface area (TPSA) is 128 Å². The minimum absolute atomic E-state index is 0.0365. The zero-order chi connectivity index (χ0) is 25.1. The summed E-state index contributed by atoms with van der Waals surface area (Å²) in [4.78, 5) is 47.0. The summed E-state index contributed by atoms with van der Waals surface area (Å²) in [6, 6.07) is 14.5. The van der Waals surface area contributed by atoms with E-state index >= 15 is 0 Å². The lowest BCUT2D eigenvalue weighted by Gasteiger charge is -2.26. The maximum absolute atomic E-state index is 12.7. The average Bonchev–Trinajstić information content (AvgIpc) is 3.73. The minimum atomic E-state index is -0.180. The Morgan fingerprint density at radius 3 is 2.50 bits per heavy atom. The van der Waals surface area contributed by atoms with E-state index in [0.29, 0.717) is 41.8 Å². The maximum atomic E-state index is 12.7. The molecule has 3 aromatic rings. The van der Waals surface area contributed by atoms with Gasteiger partial charge in [0.15, 0.2) is 0 Å². The molecule has 2 aliphatic rings. The first-order valence-electron chi connectivity index (χ1n) is 11.6. The Morgan fingerprint density at radius 1 is 1.03 bits per heavy atom.